The Balaban J connectivity index is 0.000000151. The molecule has 8 aromatic rings. The predicted octanol–water partition coefficient (Wildman–Crippen LogP) is 8.48. The molecule has 4 aromatic carbocycles. The smallest absolute Gasteiger partial charge is 0.217 e. The maximum atomic E-state index is 11.1. The van der Waals surface area contributed by atoms with Crippen molar-refractivity contribution in [2.75, 3.05) is 0 Å². The van der Waals surface area contributed by atoms with Crippen LogP contribution in [-0.4, -0.2) is 25.8 Å². The van der Waals surface area contributed by atoms with E-state index in [1.54, 1.807) is 0 Å². The van der Waals surface area contributed by atoms with E-state index in [1.807, 2.05) is 38.4 Å². The molecule has 0 fully saturated rings. The molecule has 7 nitrogen and oxygen atoms in total. The number of nitrogens with one attached hydrogen (secondary N) is 3. The Morgan fingerprint density at radius 1 is 0.638 bits per heavy atom. The number of benzene rings is 4. The number of fused-ring (bicyclic) bond motifs is 6. The van der Waals surface area contributed by atoms with Crippen LogP contribution >= 0.6 is 0 Å². The number of amides is 1. The molecule has 4 heterocycles. The number of aromatic amines is 2. The fourth-order valence-electron chi connectivity index (χ4n) is 6.24. The maximum absolute atomic E-state index is 11.1. The van der Waals surface area contributed by atoms with Crippen molar-refractivity contribution in [3.05, 3.63) is 132 Å². The molecule has 0 bridgehead atoms. The third-order valence-electron chi connectivity index (χ3n) is 8.72. The van der Waals surface area contributed by atoms with Gasteiger partial charge in [0.1, 0.15) is 0 Å². The molecule has 1 amide bonds. The van der Waals surface area contributed by atoms with Gasteiger partial charge in [0.25, 0.3) is 0 Å². The fourth-order valence-corrected chi connectivity index (χ4v) is 6.24. The van der Waals surface area contributed by atoms with E-state index < -0.39 is 0 Å². The lowest BCUT2D eigenvalue weighted by atomic mass is 10.0. The number of nitrogens with zero attached hydrogens (tertiary/aromatic N) is 2. The lowest BCUT2D eigenvalue weighted by Crippen LogP contribution is -2.18. The van der Waals surface area contributed by atoms with Crippen LogP contribution in [0.3, 0.4) is 0 Å². The second-order valence-electron chi connectivity index (χ2n) is 11.9. The Morgan fingerprint density at radius 2 is 1.13 bits per heavy atom. The van der Waals surface area contributed by atoms with E-state index in [-0.39, 0.29) is 5.91 Å². The monoisotopic (exact) mass is 616 g/mol. The topological polar surface area (TPSA) is 112 Å². The summed E-state index contributed by atoms with van der Waals surface area (Å²) in [6.45, 7) is 6.69. The first-order chi connectivity index (χ1) is 22.9. The molecule has 0 spiro atoms. The van der Waals surface area contributed by atoms with Crippen LogP contribution < -0.4 is 11.1 Å². The molecule has 0 atom stereocenters. The molecule has 0 saturated carbocycles. The number of H-pyrrole nitrogens is 2. The van der Waals surface area contributed by atoms with Gasteiger partial charge in [-0.25, -0.2) is 0 Å². The largest absolute Gasteiger partial charge is 0.353 e. The molecular formula is C40H36N6O. The number of pyridine rings is 2. The number of aryl methyl sites for hydroxylation is 2. The fraction of sp³-hybridized carbons (Fsp3) is 0.125. The standard InChI is InChI=1S/C21H19N3O.C19H17N3/c1-13-21-18(8-9-22-13)19-11-17(6-7-20(19)24-21)16-5-3-4-15(10-16)12-23-14(2)25;1-12-19-16(7-8-21-12)17-10-15(5-6-18(17)22-19)14-4-2-3-13(9-14)11-20/h3-11,24H,12H2,1-2H3,(H,23,25);2-10,22H,11,20H2,1H3. The van der Waals surface area contributed by atoms with Crippen LogP contribution in [-0.2, 0) is 17.9 Å². The lowest BCUT2D eigenvalue weighted by molar-refractivity contribution is -0.119. The number of rotatable bonds is 5. The highest BCUT2D eigenvalue weighted by Crippen LogP contribution is 2.32. The maximum Gasteiger partial charge on any atom is 0.217 e. The zero-order valence-corrected chi connectivity index (χ0v) is 26.7. The van der Waals surface area contributed by atoms with Gasteiger partial charge < -0.3 is 21.0 Å². The Morgan fingerprint density at radius 3 is 1.64 bits per heavy atom. The highest BCUT2D eigenvalue weighted by Gasteiger charge is 2.10. The summed E-state index contributed by atoms with van der Waals surface area (Å²) < 4.78 is 0. The van der Waals surface area contributed by atoms with Gasteiger partial charge in [-0.3, -0.25) is 14.8 Å². The Hall–Kier alpha value is -5.79. The second kappa shape index (κ2) is 12.5. The van der Waals surface area contributed by atoms with Crippen molar-refractivity contribution in [2.24, 2.45) is 5.73 Å². The van der Waals surface area contributed by atoms with Crippen LogP contribution in [0.4, 0.5) is 0 Å². The minimum absolute atomic E-state index is 0.0189. The zero-order chi connectivity index (χ0) is 32.5. The van der Waals surface area contributed by atoms with Crippen LogP contribution in [0.2, 0.25) is 0 Å². The molecule has 0 aliphatic rings. The second-order valence-corrected chi connectivity index (χ2v) is 11.9. The summed E-state index contributed by atoms with van der Waals surface area (Å²) in [5.74, 6) is -0.0189. The summed E-state index contributed by atoms with van der Waals surface area (Å²) in [7, 11) is 0. The van der Waals surface area contributed by atoms with E-state index >= 15 is 0 Å². The van der Waals surface area contributed by atoms with Crippen LogP contribution in [0.15, 0.2) is 109 Å². The van der Waals surface area contributed by atoms with Gasteiger partial charge in [0.2, 0.25) is 5.91 Å². The molecular weight excluding hydrogens is 580 g/mol. The minimum atomic E-state index is -0.0189. The molecule has 0 saturated heterocycles. The van der Waals surface area contributed by atoms with Gasteiger partial charge in [0.15, 0.2) is 0 Å². The number of hydrogen-bond donors (Lipinski definition) is 4. The summed E-state index contributed by atoms with van der Waals surface area (Å²) in [6, 6.07) is 33.8. The SMILES string of the molecule is CC(=O)NCc1cccc(-c2ccc3[nH]c4c(C)nccc4c3c2)c1.Cc1nccc2c1[nH]c1ccc(-c3cccc(CN)c3)cc12. The highest BCUT2D eigenvalue weighted by molar-refractivity contribution is 6.10. The molecule has 47 heavy (non-hydrogen) atoms. The van der Waals surface area contributed by atoms with Crippen molar-refractivity contribution in [3.8, 4) is 22.3 Å². The van der Waals surface area contributed by atoms with Crippen LogP contribution in [0.1, 0.15) is 29.4 Å². The van der Waals surface area contributed by atoms with Crippen molar-refractivity contribution < 1.29 is 4.79 Å². The van der Waals surface area contributed by atoms with Gasteiger partial charge >= 0.3 is 0 Å². The van der Waals surface area contributed by atoms with Crippen molar-refractivity contribution in [3.63, 3.8) is 0 Å². The number of hydrogen-bond acceptors (Lipinski definition) is 4. The average molecular weight is 617 g/mol. The quantitative estimate of drug-likeness (QED) is 0.155. The summed E-state index contributed by atoms with van der Waals surface area (Å²) in [4.78, 5) is 26.8. The minimum Gasteiger partial charge on any atom is -0.353 e. The Bertz CT molecular complexity index is 2420. The zero-order valence-electron chi connectivity index (χ0n) is 26.7. The molecule has 0 aliphatic heterocycles. The van der Waals surface area contributed by atoms with Gasteiger partial charge in [0.05, 0.1) is 22.4 Å². The highest BCUT2D eigenvalue weighted by atomic mass is 16.1. The Labute approximate surface area is 272 Å². The Kier molecular flexibility index (Phi) is 7.98. The lowest BCUT2D eigenvalue weighted by Gasteiger charge is -2.07. The summed E-state index contributed by atoms with van der Waals surface area (Å²) in [5.41, 5.74) is 19.2. The third kappa shape index (κ3) is 5.96. The van der Waals surface area contributed by atoms with Gasteiger partial charge in [-0.05, 0) is 95.8 Å². The average Bonchev–Trinajstić information content (AvgIpc) is 3.67. The summed E-state index contributed by atoms with van der Waals surface area (Å²) in [5, 5.41) is 7.69. The van der Waals surface area contributed by atoms with Gasteiger partial charge in [-0.1, -0.05) is 48.5 Å². The summed E-state index contributed by atoms with van der Waals surface area (Å²) in [6.07, 6.45) is 3.72. The number of carbonyl (C=O) groups excluding carboxylic acids is 1. The van der Waals surface area contributed by atoms with Crippen molar-refractivity contribution in [1.82, 2.24) is 25.3 Å². The predicted molar refractivity (Wildman–Crippen MR) is 193 cm³/mol. The van der Waals surface area contributed by atoms with Crippen molar-refractivity contribution >= 4 is 49.5 Å². The molecule has 8 rings (SSSR count). The van der Waals surface area contributed by atoms with E-state index in [9.17, 15) is 4.79 Å². The first-order valence-corrected chi connectivity index (χ1v) is 15.7. The number of carbonyl (C=O) groups is 1. The molecule has 7 heteroatoms. The van der Waals surface area contributed by atoms with E-state index in [1.165, 1.54) is 39.6 Å². The van der Waals surface area contributed by atoms with E-state index in [0.717, 1.165) is 55.7 Å². The third-order valence-corrected chi connectivity index (χ3v) is 8.72. The van der Waals surface area contributed by atoms with Crippen LogP contribution in [0.25, 0.3) is 65.9 Å². The van der Waals surface area contributed by atoms with Crippen molar-refractivity contribution in [1.29, 1.82) is 0 Å². The molecule has 0 unspecified atom stereocenters. The normalized spacial score (nSPS) is 11.2. The van der Waals surface area contributed by atoms with E-state index in [0.29, 0.717) is 13.1 Å². The number of nitrogens with two attached hydrogens (primary N) is 1. The first kappa shape index (κ1) is 29.9. The summed E-state index contributed by atoms with van der Waals surface area (Å²) >= 11 is 0. The van der Waals surface area contributed by atoms with Gasteiger partial charge in [-0.15, -0.1) is 0 Å². The van der Waals surface area contributed by atoms with Crippen LogP contribution in [0, 0.1) is 13.8 Å². The number of aromatic nitrogens is 4. The van der Waals surface area contributed by atoms with Crippen molar-refractivity contribution in [2.45, 2.75) is 33.9 Å². The van der Waals surface area contributed by atoms with E-state index in [2.05, 4.69) is 110 Å². The van der Waals surface area contributed by atoms with Gasteiger partial charge in [0, 0.05) is 65.0 Å². The first-order valence-electron chi connectivity index (χ1n) is 15.7. The molecule has 4 aromatic heterocycles. The van der Waals surface area contributed by atoms with Gasteiger partial charge in [-0.2, -0.15) is 0 Å². The molecule has 0 radical (unpaired) electrons. The molecule has 5 N–H and O–H groups in total. The molecule has 232 valence electrons. The van der Waals surface area contributed by atoms with Crippen LogP contribution in [0.5, 0.6) is 0 Å². The van der Waals surface area contributed by atoms with E-state index in [4.69, 9.17) is 5.73 Å². The molecule has 0 aliphatic carbocycles.